The predicted molar refractivity (Wildman–Crippen MR) is 157 cm³/mol. The van der Waals surface area contributed by atoms with Gasteiger partial charge in [-0.3, -0.25) is 9.59 Å². The van der Waals surface area contributed by atoms with E-state index in [9.17, 15) is 9.59 Å². The maximum atomic E-state index is 13.0. The fourth-order valence-electron chi connectivity index (χ4n) is 4.54. The number of carbonyl (C=O) groups excluding carboxylic acids is 1. The van der Waals surface area contributed by atoms with Crippen LogP contribution in [0.4, 0.5) is 5.69 Å². The molecule has 1 fully saturated rings. The average Bonchev–Trinajstić information content (AvgIpc) is 3.75. The first-order chi connectivity index (χ1) is 19.9. The molecule has 3 unspecified atom stereocenters. The van der Waals surface area contributed by atoms with E-state index < -0.39 is 12.3 Å². The number of aromatic amines is 1. The zero-order chi connectivity index (χ0) is 28.9. The summed E-state index contributed by atoms with van der Waals surface area (Å²) < 4.78 is 22.1. The van der Waals surface area contributed by atoms with Gasteiger partial charge in [-0.15, -0.1) is 0 Å². The summed E-state index contributed by atoms with van der Waals surface area (Å²) in [5.41, 5.74) is 8.51. The van der Waals surface area contributed by atoms with Crippen LogP contribution < -0.4 is 31.4 Å². The van der Waals surface area contributed by atoms with E-state index in [4.69, 9.17) is 36.3 Å². The Morgan fingerprint density at radius 1 is 1.07 bits per heavy atom. The molecule has 1 saturated heterocycles. The standard InChI is InChI=1S/C30H31ClN4O6/c1-38-10-11-40-26-14-19-12-20(29(37)33-22(19)15-25(26)39-2)27-30(41-27)35-23-13-18(8-9-21(23)31)28(36)34-24(16-32)17-6-4-3-5-7-17/h3-9,12-15,24,27,30,35H,10-11,16,32H2,1-2H3,(H,33,37)(H,34,36). The third-order valence-corrected chi connectivity index (χ3v) is 7.10. The van der Waals surface area contributed by atoms with Crippen LogP contribution >= 0.6 is 11.6 Å². The Bertz CT molecular complexity index is 1600. The van der Waals surface area contributed by atoms with Crippen molar-refractivity contribution in [2.45, 2.75) is 18.4 Å². The molecule has 5 rings (SSSR count). The minimum absolute atomic E-state index is 0.250. The van der Waals surface area contributed by atoms with Gasteiger partial charge in [-0.1, -0.05) is 41.9 Å². The molecule has 0 spiro atoms. The molecule has 1 aromatic heterocycles. The van der Waals surface area contributed by atoms with Crippen molar-refractivity contribution in [2.24, 2.45) is 5.73 Å². The second-order valence-corrected chi connectivity index (χ2v) is 9.88. The lowest BCUT2D eigenvalue weighted by Gasteiger charge is -2.18. The van der Waals surface area contributed by atoms with E-state index in [0.717, 1.165) is 10.9 Å². The molecule has 1 aliphatic rings. The molecule has 1 amide bonds. The topological polar surface area (TPSA) is 140 Å². The van der Waals surface area contributed by atoms with Crippen molar-refractivity contribution < 1.29 is 23.7 Å². The normalized spacial score (nSPS) is 16.7. The summed E-state index contributed by atoms with van der Waals surface area (Å²) in [7, 11) is 3.13. The summed E-state index contributed by atoms with van der Waals surface area (Å²) in [6, 6.07) is 19.4. The van der Waals surface area contributed by atoms with E-state index in [2.05, 4.69) is 15.6 Å². The largest absolute Gasteiger partial charge is 0.493 e. The van der Waals surface area contributed by atoms with Gasteiger partial charge in [0.2, 0.25) is 0 Å². The van der Waals surface area contributed by atoms with Gasteiger partial charge in [-0.25, -0.2) is 0 Å². The highest BCUT2D eigenvalue weighted by molar-refractivity contribution is 6.33. The molecular formula is C30H31ClN4O6. The van der Waals surface area contributed by atoms with Crippen molar-refractivity contribution in [1.29, 1.82) is 0 Å². The molecule has 0 saturated carbocycles. The van der Waals surface area contributed by atoms with Crippen molar-refractivity contribution in [3.05, 3.63) is 98.8 Å². The zero-order valence-corrected chi connectivity index (χ0v) is 23.4. The smallest absolute Gasteiger partial charge is 0.254 e. The van der Waals surface area contributed by atoms with Gasteiger partial charge < -0.3 is 40.3 Å². The number of aromatic nitrogens is 1. The number of methoxy groups -OCH3 is 2. The molecule has 2 heterocycles. The maximum absolute atomic E-state index is 13.0. The summed E-state index contributed by atoms with van der Waals surface area (Å²) in [6.07, 6.45) is -1.03. The fourth-order valence-corrected chi connectivity index (χ4v) is 4.72. The highest BCUT2D eigenvalue weighted by atomic mass is 35.5. The Labute approximate surface area is 241 Å². The summed E-state index contributed by atoms with van der Waals surface area (Å²) in [4.78, 5) is 28.8. The quantitative estimate of drug-likeness (QED) is 0.145. The van der Waals surface area contributed by atoms with E-state index in [1.807, 2.05) is 30.3 Å². The Morgan fingerprint density at radius 2 is 1.88 bits per heavy atom. The van der Waals surface area contributed by atoms with Crippen molar-refractivity contribution in [3.63, 3.8) is 0 Å². The number of halogens is 1. The van der Waals surface area contributed by atoms with E-state index in [0.29, 0.717) is 52.1 Å². The molecule has 0 radical (unpaired) electrons. The molecular weight excluding hydrogens is 548 g/mol. The number of hydrogen-bond donors (Lipinski definition) is 4. The van der Waals surface area contributed by atoms with E-state index in [1.165, 1.54) is 7.11 Å². The first-order valence-corrected chi connectivity index (χ1v) is 13.4. The van der Waals surface area contributed by atoms with Crippen LogP contribution in [0.25, 0.3) is 10.9 Å². The van der Waals surface area contributed by atoms with Crippen molar-refractivity contribution >= 4 is 34.1 Å². The van der Waals surface area contributed by atoms with Crippen LogP contribution in [0.15, 0.2) is 71.5 Å². The summed E-state index contributed by atoms with van der Waals surface area (Å²) in [6.45, 7) is 1.02. The van der Waals surface area contributed by atoms with Crippen molar-refractivity contribution in [3.8, 4) is 11.5 Å². The van der Waals surface area contributed by atoms with Gasteiger partial charge in [0, 0.05) is 30.7 Å². The van der Waals surface area contributed by atoms with Crippen LogP contribution in [0.5, 0.6) is 11.5 Å². The van der Waals surface area contributed by atoms with Crippen molar-refractivity contribution in [2.75, 3.05) is 39.3 Å². The number of benzene rings is 3. The molecule has 10 nitrogen and oxygen atoms in total. The van der Waals surface area contributed by atoms with Gasteiger partial charge in [0.1, 0.15) is 12.7 Å². The number of fused-ring (bicyclic) bond motifs is 1. The van der Waals surface area contributed by atoms with E-state index in [-0.39, 0.29) is 24.1 Å². The lowest BCUT2D eigenvalue weighted by atomic mass is 10.1. The second kappa shape index (κ2) is 12.6. The number of carbonyl (C=O) groups is 1. The third kappa shape index (κ3) is 6.47. The average molecular weight is 579 g/mol. The highest BCUT2D eigenvalue weighted by Gasteiger charge is 2.42. The third-order valence-electron chi connectivity index (χ3n) is 6.77. The Kier molecular flexibility index (Phi) is 8.75. The van der Waals surface area contributed by atoms with Crippen LogP contribution in [0, 0.1) is 0 Å². The number of nitrogens with two attached hydrogens (primary N) is 1. The van der Waals surface area contributed by atoms with E-state index >= 15 is 0 Å². The van der Waals surface area contributed by atoms with Gasteiger partial charge in [-0.05, 0) is 35.9 Å². The molecule has 214 valence electrons. The molecule has 41 heavy (non-hydrogen) atoms. The molecule has 0 aliphatic carbocycles. The van der Waals surface area contributed by atoms with Gasteiger partial charge in [0.25, 0.3) is 11.5 Å². The first kappa shape index (κ1) is 28.4. The van der Waals surface area contributed by atoms with Crippen LogP contribution in [0.2, 0.25) is 5.02 Å². The number of H-pyrrole nitrogens is 1. The minimum atomic E-state index is -0.517. The fraction of sp³-hybridized carbons (Fsp3) is 0.267. The first-order valence-electron chi connectivity index (χ1n) is 13.1. The van der Waals surface area contributed by atoms with Crippen LogP contribution in [-0.2, 0) is 9.47 Å². The molecule has 3 aromatic carbocycles. The molecule has 11 heteroatoms. The summed E-state index contributed by atoms with van der Waals surface area (Å²) in [5, 5.41) is 7.33. The monoisotopic (exact) mass is 578 g/mol. The maximum Gasteiger partial charge on any atom is 0.254 e. The van der Waals surface area contributed by atoms with Gasteiger partial charge in [0.15, 0.2) is 17.7 Å². The number of ether oxygens (including phenoxy) is 4. The summed E-state index contributed by atoms with van der Waals surface area (Å²) >= 11 is 6.43. The molecule has 0 bridgehead atoms. The number of hydrogen-bond acceptors (Lipinski definition) is 8. The van der Waals surface area contributed by atoms with E-state index in [1.54, 1.807) is 43.5 Å². The highest BCUT2D eigenvalue weighted by Crippen LogP contribution is 2.40. The van der Waals surface area contributed by atoms with Gasteiger partial charge in [-0.2, -0.15) is 0 Å². The molecule has 4 aromatic rings. The number of anilines is 1. The molecule has 3 atom stereocenters. The predicted octanol–water partition coefficient (Wildman–Crippen LogP) is 4.15. The minimum Gasteiger partial charge on any atom is -0.493 e. The van der Waals surface area contributed by atoms with Crippen molar-refractivity contribution in [1.82, 2.24) is 10.3 Å². The number of epoxide rings is 1. The van der Waals surface area contributed by atoms with Crippen LogP contribution in [0.1, 0.15) is 33.6 Å². The van der Waals surface area contributed by atoms with Crippen LogP contribution in [0.3, 0.4) is 0 Å². The lowest BCUT2D eigenvalue weighted by molar-refractivity contribution is 0.0938. The number of nitrogens with one attached hydrogen (secondary N) is 3. The number of rotatable bonds is 12. The number of pyridine rings is 1. The Balaban J connectivity index is 1.31. The summed E-state index contributed by atoms with van der Waals surface area (Å²) in [5.74, 6) is 0.744. The Hall–Kier alpha value is -4.09. The molecule has 5 N–H and O–H groups in total. The lowest BCUT2D eigenvalue weighted by Crippen LogP contribution is -2.33. The van der Waals surface area contributed by atoms with Crippen LogP contribution in [-0.4, -0.2) is 51.1 Å². The zero-order valence-electron chi connectivity index (χ0n) is 22.6. The SMILES string of the molecule is COCCOc1cc2cc(C3OC3Nc3cc(C(=O)NC(CN)c4ccccc4)ccc3Cl)c(=O)[nH]c2cc1OC. The van der Waals surface area contributed by atoms with Gasteiger partial charge >= 0.3 is 0 Å². The molecule has 1 aliphatic heterocycles. The van der Waals surface area contributed by atoms with Gasteiger partial charge in [0.05, 0.1) is 41.5 Å². The Morgan fingerprint density at radius 3 is 2.61 bits per heavy atom. The second-order valence-electron chi connectivity index (χ2n) is 9.47. The number of amides is 1.